The number of anilines is 1. The lowest BCUT2D eigenvalue weighted by molar-refractivity contribution is -0.137. The largest absolute Gasteiger partial charge is 0.416 e. The van der Waals surface area contributed by atoms with E-state index in [0.717, 1.165) is 12.1 Å². The molecule has 4 nitrogen and oxygen atoms in total. The number of halogens is 3. The SMILES string of the molecule is Nc1[nH]ncc1-c1nc(-c2ccc(C(F)(F)F)cc2)cs1. The highest BCUT2D eigenvalue weighted by molar-refractivity contribution is 7.13. The van der Waals surface area contributed by atoms with Gasteiger partial charge in [0, 0.05) is 10.9 Å². The molecule has 0 radical (unpaired) electrons. The van der Waals surface area contributed by atoms with Crippen molar-refractivity contribution in [2.75, 3.05) is 5.73 Å². The van der Waals surface area contributed by atoms with Crippen molar-refractivity contribution in [2.24, 2.45) is 0 Å². The Hall–Kier alpha value is -2.35. The molecule has 0 saturated heterocycles. The number of nitrogens with one attached hydrogen (secondary N) is 1. The average Bonchev–Trinajstić information content (AvgIpc) is 3.06. The van der Waals surface area contributed by atoms with Crippen molar-refractivity contribution in [3.05, 3.63) is 41.4 Å². The molecule has 0 amide bonds. The van der Waals surface area contributed by atoms with Gasteiger partial charge in [0.2, 0.25) is 0 Å². The lowest BCUT2D eigenvalue weighted by atomic mass is 10.1. The molecule has 1 aromatic carbocycles. The minimum absolute atomic E-state index is 0.406. The summed E-state index contributed by atoms with van der Waals surface area (Å²) in [6.45, 7) is 0. The Kier molecular flexibility index (Phi) is 3.17. The van der Waals surface area contributed by atoms with Gasteiger partial charge in [-0.1, -0.05) is 12.1 Å². The summed E-state index contributed by atoms with van der Waals surface area (Å²) in [7, 11) is 0. The molecule has 21 heavy (non-hydrogen) atoms. The molecule has 0 unspecified atom stereocenters. The Morgan fingerprint density at radius 1 is 1.14 bits per heavy atom. The van der Waals surface area contributed by atoms with Crippen LogP contribution in [-0.4, -0.2) is 15.2 Å². The zero-order valence-electron chi connectivity index (χ0n) is 10.5. The smallest absolute Gasteiger partial charge is 0.383 e. The molecule has 0 bridgehead atoms. The number of nitrogens with two attached hydrogens (primary N) is 1. The summed E-state index contributed by atoms with van der Waals surface area (Å²) in [5, 5.41) is 8.85. The van der Waals surface area contributed by atoms with Crippen LogP contribution in [0.5, 0.6) is 0 Å². The number of rotatable bonds is 2. The van der Waals surface area contributed by atoms with E-state index in [0.29, 0.717) is 27.6 Å². The molecule has 0 spiro atoms. The van der Waals surface area contributed by atoms with E-state index >= 15 is 0 Å². The monoisotopic (exact) mass is 310 g/mol. The van der Waals surface area contributed by atoms with Crippen LogP contribution in [0.4, 0.5) is 19.0 Å². The van der Waals surface area contributed by atoms with Gasteiger partial charge in [-0.15, -0.1) is 11.3 Å². The normalized spacial score (nSPS) is 11.8. The van der Waals surface area contributed by atoms with Crippen LogP contribution >= 0.6 is 11.3 Å². The molecule has 108 valence electrons. The minimum atomic E-state index is -4.34. The number of nitrogens with zero attached hydrogens (tertiary/aromatic N) is 2. The highest BCUT2D eigenvalue weighted by Gasteiger charge is 2.30. The second-order valence-corrected chi connectivity index (χ2v) is 5.17. The Labute approximate surface area is 121 Å². The molecule has 3 aromatic rings. The van der Waals surface area contributed by atoms with Gasteiger partial charge in [0.05, 0.1) is 23.0 Å². The fourth-order valence-electron chi connectivity index (χ4n) is 1.83. The fourth-order valence-corrected chi connectivity index (χ4v) is 2.68. The van der Waals surface area contributed by atoms with E-state index in [1.165, 1.54) is 23.5 Å². The molecule has 0 aliphatic rings. The molecular weight excluding hydrogens is 301 g/mol. The quantitative estimate of drug-likeness (QED) is 0.756. The van der Waals surface area contributed by atoms with Crippen molar-refractivity contribution in [1.29, 1.82) is 0 Å². The Morgan fingerprint density at radius 2 is 1.86 bits per heavy atom. The number of H-pyrrole nitrogens is 1. The van der Waals surface area contributed by atoms with Gasteiger partial charge in [-0.05, 0) is 12.1 Å². The summed E-state index contributed by atoms with van der Waals surface area (Å²) in [6.07, 6.45) is -2.78. The number of benzene rings is 1. The number of nitrogen functional groups attached to an aromatic ring is 1. The Bertz CT molecular complexity index is 758. The molecule has 0 aliphatic heterocycles. The first-order chi connectivity index (χ1) is 9.95. The predicted molar refractivity (Wildman–Crippen MR) is 74.5 cm³/mol. The third-order valence-corrected chi connectivity index (χ3v) is 3.79. The van der Waals surface area contributed by atoms with Crippen molar-refractivity contribution in [3.63, 3.8) is 0 Å². The van der Waals surface area contributed by atoms with Crippen LogP contribution in [0.3, 0.4) is 0 Å². The lowest BCUT2D eigenvalue weighted by Gasteiger charge is -2.06. The van der Waals surface area contributed by atoms with E-state index in [-0.39, 0.29) is 0 Å². The first-order valence-corrected chi connectivity index (χ1v) is 6.75. The Balaban J connectivity index is 1.92. The standard InChI is InChI=1S/C13H9F3N4S/c14-13(15,16)8-3-1-7(2-4-8)10-6-21-12(19-10)9-5-18-20-11(9)17/h1-6H,(H3,17,18,20). The number of alkyl halides is 3. The first-order valence-electron chi connectivity index (χ1n) is 5.87. The highest BCUT2D eigenvalue weighted by Crippen LogP contribution is 2.33. The molecule has 3 rings (SSSR count). The van der Waals surface area contributed by atoms with Crippen LogP contribution in [0, 0.1) is 0 Å². The van der Waals surface area contributed by atoms with E-state index < -0.39 is 11.7 Å². The molecule has 2 aromatic heterocycles. The maximum Gasteiger partial charge on any atom is 0.416 e. The summed E-state index contributed by atoms with van der Waals surface area (Å²) in [6, 6.07) is 4.89. The third kappa shape index (κ3) is 2.62. The van der Waals surface area contributed by atoms with Gasteiger partial charge >= 0.3 is 6.18 Å². The second-order valence-electron chi connectivity index (χ2n) is 4.31. The van der Waals surface area contributed by atoms with E-state index in [2.05, 4.69) is 15.2 Å². The number of thiazole rings is 1. The predicted octanol–water partition coefficient (Wildman–Crippen LogP) is 3.80. The summed E-state index contributed by atoms with van der Waals surface area (Å²) < 4.78 is 37.6. The number of hydrogen-bond donors (Lipinski definition) is 2. The Morgan fingerprint density at radius 3 is 2.43 bits per heavy atom. The maximum atomic E-state index is 12.5. The van der Waals surface area contributed by atoms with Gasteiger partial charge in [0.25, 0.3) is 0 Å². The van der Waals surface area contributed by atoms with Crippen LogP contribution in [-0.2, 0) is 6.18 Å². The molecular formula is C13H9F3N4S. The molecule has 0 saturated carbocycles. The van der Waals surface area contributed by atoms with Crippen LogP contribution in [0.2, 0.25) is 0 Å². The van der Waals surface area contributed by atoms with E-state index in [1.54, 1.807) is 11.6 Å². The molecule has 0 fully saturated rings. The van der Waals surface area contributed by atoms with Gasteiger partial charge < -0.3 is 5.73 Å². The number of aromatic nitrogens is 3. The van der Waals surface area contributed by atoms with Crippen LogP contribution in [0.1, 0.15) is 5.56 Å². The molecule has 0 aliphatic carbocycles. The summed E-state index contributed by atoms with van der Waals surface area (Å²) >= 11 is 1.35. The third-order valence-electron chi connectivity index (χ3n) is 2.91. The van der Waals surface area contributed by atoms with Crippen molar-refractivity contribution >= 4 is 17.2 Å². The molecule has 2 heterocycles. The molecule has 3 N–H and O–H groups in total. The van der Waals surface area contributed by atoms with Crippen LogP contribution in [0.15, 0.2) is 35.8 Å². The zero-order valence-corrected chi connectivity index (χ0v) is 11.3. The van der Waals surface area contributed by atoms with Crippen molar-refractivity contribution in [2.45, 2.75) is 6.18 Å². The molecule has 8 heteroatoms. The number of hydrogen-bond acceptors (Lipinski definition) is 4. The zero-order chi connectivity index (χ0) is 15.0. The van der Waals surface area contributed by atoms with Crippen molar-refractivity contribution in [3.8, 4) is 21.8 Å². The summed E-state index contributed by atoms with van der Waals surface area (Å²) in [5.41, 5.74) is 6.93. The van der Waals surface area contributed by atoms with Crippen molar-refractivity contribution in [1.82, 2.24) is 15.2 Å². The first kappa shape index (κ1) is 13.6. The highest BCUT2D eigenvalue weighted by atomic mass is 32.1. The fraction of sp³-hybridized carbons (Fsp3) is 0.0769. The van der Waals surface area contributed by atoms with Crippen LogP contribution < -0.4 is 5.73 Å². The second kappa shape index (κ2) is 4.88. The van der Waals surface area contributed by atoms with Crippen LogP contribution in [0.25, 0.3) is 21.8 Å². The van der Waals surface area contributed by atoms with E-state index in [4.69, 9.17) is 5.73 Å². The number of aromatic amines is 1. The van der Waals surface area contributed by atoms with Gasteiger partial charge in [0.15, 0.2) is 0 Å². The summed E-state index contributed by atoms with van der Waals surface area (Å²) in [4.78, 5) is 4.37. The lowest BCUT2D eigenvalue weighted by Crippen LogP contribution is -2.03. The van der Waals surface area contributed by atoms with Crippen molar-refractivity contribution < 1.29 is 13.2 Å². The van der Waals surface area contributed by atoms with Gasteiger partial charge in [-0.2, -0.15) is 18.3 Å². The van der Waals surface area contributed by atoms with Gasteiger partial charge in [0.1, 0.15) is 10.8 Å². The van der Waals surface area contributed by atoms with Gasteiger partial charge in [-0.3, -0.25) is 5.10 Å². The minimum Gasteiger partial charge on any atom is -0.383 e. The topological polar surface area (TPSA) is 67.6 Å². The van der Waals surface area contributed by atoms with E-state index in [9.17, 15) is 13.2 Å². The molecule has 0 atom stereocenters. The van der Waals surface area contributed by atoms with Gasteiger partial charge in [-0.25, -0.2) is 4.98 Å². The average molecular weight is 310 g/mol. The van der Waals surface area contributed by atoms with E-state index in [1.807, 2.05) is 0 Å². The maximum absolute atomic E-state index is 12.5. The summed E-state index contributed by atoms with van der Waals surface area (Å²) in [5.74, 6) is 0.406.